The molecule has 2 heterocycles. The van der Waals surface area contributed by atoms with Crippen LogP contribution in [-0.4, -0.2) is 22.0 Å². The molecule has 0 saturated carbocycles. The molecule has 0 aliphatic rings. The molecule has 0 unspecified atom stereocenters. The van der Waals surface area contributed by atoms with Gasteiger partial charge in [-0.1, -0.05) is 26.3 Å². The van der Waals surface area contributed by atoms with E-state index in [1.54, 1.807) is 6.33 Å². The van der Waals surface area contributed by atoms with Crippen LogP contribution in [0.25, 0.3) is 0 Å². The first-order valence-electron chi connectivity index (χ1n) is 7.48. The second kappa shape index (κ2) is 7.57. The largest absolute Gasteiger partial charge is 0.373 e. The number of hydrogen-bond acceptors (Lipinski definition) is 5. The van der Waals surface area contributed by atoms with Crippen molar-refractivity contribution in [3.05, 3.63) is 41.5 Å². The summed E-state index contributed by atoms with van der Waals surface area (Å²) < 4.78 is 0. The molecule has 0 spiro atoms. The smallest absolute Gasteiger partial charge is 0.135 e. The van der Waals surface area contributed by atoms with Crippen LogP contribution in [0.4, 0.5) is 11.6 Å². The molecule has 5 nitrogen and oxygen atoms in total. The zero-order valence-electron chi connectivity index (χ0n) is 13.0. The van der Waals surface area contributed by atoms with Crippen molar-refractivity contribution in [1.82, 2.24) is 15.0 Å². The minimum atomic E-state index is 0.681. The quantitative estimate of drug-likeness (QED) is 0.818. The Morgan fingerprint density at radius 2 is 1.90 bits per heavy atom. The highest BCUT2D eigenvalue weighted by Crippen LogP contribution is 2.22. The normalized spacial score (nSPS) is 10.4. The standard InChI is InChI=1S/C16H23N5/c1-4-7-13-15(17-3)20-11-21-16(13)19-10-14-12(5-2)8-6-9-18-14/h6,8-9,11H,4-5,7,10H2,1-3H3,(H2,17,19,20,21). The fourth-order valence-electron chi connectivity index (χ4n) is 2.39. The van der Waals surface area contributed by atoms with Crippen LogP contribution >= 0.6 is 0 Å². The van der Waals surface area contributed by atoms with Gasteiger partial charge in [0, 0.05) is 18.8 Å². The third-order valence-corrected chi connectivity index (χ3v) is 3.47. The number of rotatable bonds is 7. The first kappa shape index (κ1) is 15.2. The van der Waals surface area contributed by atoms with Gasteiger partial charge in [-0.15, -0.1) is 0 Å². The van der Waals surface area contributed by atoms with E-state index >= 15 is 0 Å². The Balaban J connectivity index is 2.19. The van der Waals surface area contributed by atoms with Crippen LogP contribution < -0.4 is 10.6 Å². The number of pyridine rings is 1. The average molecular weight is 285 g/mol. The van der Waals surface area contributed by atoms with Gasteiger partial charge in [0.2, 0.25) is 0 Å². The molecule has 112 valence electrons. The SMILES string of the molecule is CCCc1c(NC)ncnc1NCc1ncccc1CC. The molecular weight excluding hydrogens is 262 g/mol. The molecule has 5 heteroatoms. The molecule has 0 atom stereocenters. The Kier molecular flexibility index (Phi) is 5.49. The van der Waals surface area contributed by atoms with Gasteiger partial charge in [0.05, 0.1) is 12.2 Å². The Morgan fingerprint density at radius 3 is 2.62 bits per heavy atom. The van der Waals surface area contributed by atoms with E-state index < -0.39 is 0 Å². The minimum absolute atomic E-state index is 0.681. The van der Waals surface area contributed by atoms with Gasteiger partial charge in [-0.2, -0.15) is 0 Å². The van der Waals surface area contributed by atoms with E-state index in [2.05, 4.69) is 45.5 Å². The molecule has 0 saturated heterocycles. The monoisotopic (exact) mass is 285 g/mol. The van der Waals surface area contributed by atoms with Gasteiger partial charge < -0.3 is 10.6 Å². The van der Waals surface area contributed by atoms with Crippen LogP contribution in [0.3, 0.4) is 0 Å². The summed E-state index contributed by atoms with van der Waals surface area (Å²) >= 11 is 0. The molecule has 2 aromatic rings. The lowest BCUT2D eigenvalue weighted by Gasteiger charge is -2.14. The summed E-state index contributed by atoms with van der Waals surface area (Å²) in [6, 6.07) is 4.10. The molecule has 0 amide bonds. The first-order valence-corrected chi connectivity index (χ1v) is 7.48. The third-order valence-electron chi connectivity index (χ3n) is 3.47. The van der Waals surface area contributed by atoms with E-state index in [9.17, 15) is 0 Å². The number of nitrogens with one attached hydrogen (secondary N) is 2. The number of aryl methyl sites for hydroxylation is 1. The van der Waals surface area contributed by atoms with Crippen molar-refractivity contribution in [3.63, 3.8) is 0 Å². The zero-order valence-corrected chi connectivity index (χ0v) is 13.0. The number of aromatic nitrogens is 3. The van der Waals surface area contributed by atoms with Gasteiger partial charge in [-0.3, -0.25) is 4.98 Å². The maximum atomic E-state index is 4.46. The molecule has 0 aliphatic carbocycles. The van der Waals surface area contributed by atoms with Crippen LogP contribution in [0.15, 0.2) is 24.7 Å². The summed E-state index contributed by atoms with van der Waals surface area (Å²) in [5, 5.41) is 6.54. The molecule has 0 fully saturated rings. The van der Waals surface area contributed by atoms with E-state index in [0.717, 1.165) is 42.2 Å². The van der Waals surface area contributed by atoms with Gasteiger partial charge in [-0.05, 0) is 24.5 Å². The van der Waals surface area contributed by atoms with Gasteiger partial charge in [0.15, 0.2) is 0 Å². The molecule has 0 bridgehead atoms. The minimum Gasteiger partial charge on any atom is -0.373 e. The Labute approximate surface area is 126 Å². The lowest BCUT2D eigenvalue weighted by molar-refractivity contribution is 0.892. The highest BCUT2D eigenvalue weighted by molar-refractivity contribution is 5.57. The maximum absolute atomic E-state index is 4.46. The molecule has 0 radical (unpaired) electrons. The van der Waals surface area contributed by atoms with Gasteiger partial charge >= 0.3 is 0 Å². The first-order chi connectivity index (χ1) is 10.3. The number of anilines is 2. The number of hydrogen-bond donors (Lipinski definition) is 2. The predicted octanol–water partition coefficient (Wildman–Crippen LogP) is 3.04. The second-order valence-corrected chi connectivity index (χ2v) is 4.87. The van der Waals surface area contributed by atoms with Crippen LogP contribution in [-0.2, 0) is 19.4 Å². The Morgan fingerprint density at radius 1 is 1.10 bits per heavy atom. The lowest BCUT2D eigenvalue weighted by atomic mass is 10.1. The van der Waals surface area contributed by atoms with E-state index in [4.69, 9.17) is 0 Å². The van der Waals surface area contributed by atoms with Crippen molar-refractivity contribution in [2.45, 2.75) is 39.7 Å². The van der Waals surface area contributed by atoms with Gasteiger partial charge in [0.1, 0.15) is 18.0 Å². The molecule has 2 rings (SSSR count). The molecule has 0 aliphatic heterocycles. The summed E-state index contributed by atoms with van der Waals surface area (Å²) in [5.41, 5.74) is 3.48. The molecule has 0 aromatic carbocycles. The topological polar surface area (TPSA) is 62.7 Å². The van der Waals surface area contributed by atoms with Crippen LogP contribution in [0.1, 0.15) is 37.1 Å². The van der Waals surface area contributed by atoms with Crippen molar-refractivity contribution in [2.24, 2.45) is 0 Å². The summed E-state index contributed by atoms with van der Waals surface area (Å²) in [6.07, 6.45) is 6.41. The summed E-state index contributed by atoms with van der Waals surface area (Å²) in [6.45, 7) is 4.98. The van der Waals surface area contributed by atoms with Crippen molar-refractivity contribution in [2.75, 3.05) is 17.7 Å². The summed E-state index contributed by atoms with van der Waals surface area (Å²) in [5.74, 6) is 1.79. The molecule has 2 N–H and O–H groups in total. The van der Waals surface area contributed by atoms with Crippen molar-refractivity contribution >= 4 is 11.6 Å². The molecule has 2 aromatic heterocycles. The van der Waals surface area contributed by atoms with E-state index in [1.807, 2.05) is 19.3 Å². The van der Waals surface area contributed by atoms with Crippen LogP contribution in [0.5, 0.6) is 0 Å². The fourth-order valence-corrected chi connectivity index (χ4v) is 2.39. The summed E-state index contributed by atoms with van der Waals surface area (Å²) in [7, 11) is 1.89. The average Bonchev–Trinajstić information content (AvgIpc) is 2.54. The van der Waals surface area contributed by atoms with Crippen LogP contribution in [0, 0.1) is 0 Å². The van der Waals surface area contributed by atoms with E-state index in [-0.39, 0.29) is 0 Å². The molecular formula is C16H23N5. The Hall–Kier alpha value is -2.17. The van der Waals surface area contributed by atoms with Crippen molar-refractivity contribution in [1.29, 1.82) is 0 Å². The highest BCUT2D eigenvalue weighted by atomic mass is 15.1. The van der Waals surface area contributed by atoms with E-state index in [1.165, 1.54) is 5.56 Å². The fraction of sp³-hybridized carbons (Fsp3) is 0.438. The highest BCUT2D eigenvalue weighted by Gasteiger charge is 2.10. The maximum Gasteiger partial charge on any atom is 0.135 e. The van der Waals surface area contributed by atoms with Crippen molar-refractivity contribution in [3.8, 4) is 0 Å². The van der Waals surface area contributed by atoms with E-state index in [0.29, 0.717) is 6.54 Å². The predicted molar refractivity (Wildman–Crippen MR) is 86.5 cm³/mol. The summed E-state index contributed by atoms with van der Waals surface area (Å²) in [4.78, 5) is 13.1. The third kappa shape index (κ3) is 3.68. The lowest BCUT2D eigenvalue weighted by Crippen LogP contribution is -2.10. The van der Waals surface area contributed by atoms with Crippen molar-refractivity contribution < 1.29 is 0 Å². The van der Waals surface area contributed by atoms with Gasteiger partial charge in [0.25, 0.3) is 0 Å². The second-order valence-electron chi connectivity index (χ2n) is 4.87. The Bertz CT molecular complexity index is 583. The number of nitrogens with zero attached hydrogens (tertiary/aromatic N) is 3. The van der Waals surface area contributed by atoms with Crippen LogP contribution in [0.2, 0.25) is 0 Å². The molecule has 21 heavy (non-hydrogen) atoms. The van der Waals surface area contributed by atoms with Gasteiger partial charge in [-0.25, -0.2) is 9.97 Å². The zero-order chi connectivity index (χ0) is 15.1.